The van der Waals surface area contributed by atoms with Gasteiger partial charge in [0.25, 0.3) is 0 Å². The Morgan fingerprint density at radius 1 is 1.23 bits per heavy atom. The Morgan fingerprint density at radius 3 is 2.77 bits per heavy atom. The Hall–Kier alpha value is -1.27. The molecule has 2 aromatic heterocycles. The average Bonchev–Trinajstić information content (AvgIpc) is 3.28. The van der Waals surface area contributed by atoms with Crippen molar-refractivity contribution in [2.75, 3.05) is 5.32 Å². The van der Waals surface area contributed by atoms with E-state index in [4.69, 9.17) is 10.1 Å². The molecule has 1 N–H and O–H groups in total. The van der Waals surface area contributed by atoms with Crippen molar-refractivity contribution in [3.05, 3.63) is 36.2 Å². The molecule has 1 atom stereocenters. The van der Waals surface area contributed by atoms with Crippen LogP contribution in [0.25, 0.3) is 22.2 Å². The van der Waals surface area contributed by atoms with Crippen molar-refractivity contribution in [3.8, 4) is 11.3 Å². The Labute approximate surface area is 168 Å². The van der Waals surface area contributed by atoms with E-state index in [0.717, 1.165) is 22.7 Å². The Kier molecular flexibility index (Phi) is 5.41. The van der Waals surface area contributed by atoms with E-state index in [1.165, 1.54) is 36.8 Å². The van der Waals surface area contributed by atoms with Crippen LogP contribution < -0.4 is 5.32 Å². The summed E-state index contributed by atoms with van der Waals surface area (Å²) >= 11 is 2.39. The van der Waals surface area contributed by atoms with Gasteiger partial charge in [-0.1, -0.05) is 32.8 Å². The minimum atomic E-state index is 0.433. The van der Waals surface area contributed by atoms with Crippen LogP contribution in [0.4, 0.5) is 5.95 Å². The quantitative estimate of drug-likeness (QED) is 0.374. The first kappa shape index (κ1) is 18.1. The molecule has 26 heavy (non-hydrogen) atoms. The van der Waals surface area contributed by atoms with Gasteiger partial charge in [-0.25, -0.2) is 14.4 Å². The van der Waals surface area contributed by atoms with E-state index >= 15 is 0 Å². The first-order chi connectivity index (χ1) is 12.7. The molecule has 1 fully saturated rings. The standard InChI is InChI=1S/C19H23IN5P/c1-12(2)18-15-11-13(7-8-17(15)24-25(18)26-20)16-9-10-21-19(23-16)22-14-5-3-4-6-14/h7-12,14,26H,3-6H2,1-2H3,(H,21,22,23). The number of hydrogen-bond acceptors (Lipinski definition) is 4. The van der Waals surface area contributed by atoms with Crippen LogP contribution in [0.3, 0.4) is 0 Å². The largest absolute Gasteiger partial charge is 0.351 e. The molecule has 0 spiro atoms. The lowest BCUT2D eigenvalue weighted by molar-refractivity contribution is 0.744. The topological polar surface area (TPSA) is 55.6 Å². The smallest absolute Gasteiger partial charge is 0.223 e. The van der Waals surface area contributed by atoms with Crippen LogP contribution in [0.1, 0.15) is 51.1 Å². The van der Waals surface area contributed by atoms with Gasteiger partial charge in [0, 0.05) is 23.2 Å². The first-order valence-electron chi connectivity index (χ1n) is 9.15. The first-order valence-corrected chi connectivity index (χ1v) is 13.2. The molecule has 5 nitrogen and oxygen atoms in total. The fourth-order valence-corrected chi connectivity index (χ4v) is 5.44. The molecular weight excluding hydrogens is 456 g/mol. The van der Waals surface area contributed by atoms with E-state index in [0.29, 0.717) is 18.3 Å². The lowest BCUT2D eigenvalue weighted by Crippen LogP contribution is -2.16. The molecule has 3 aromatic rings. The maximum atomic E-state index is 4.77. The second kappa shape index (κ2) is 7.77. The third-order valence-electron chi connectivity index (χ3n) is 4.98. The predicted octanol–water partition coefficient (Wildman–Crippen LogP) is 5.76. The van der Waals surface area contributed by atoms with Crippen LogP contribution in [0.15, 0.2) is 30.5 Å². The summed E-state index contributed by atoms with van der Waals surface area (Å²) in [6.07, 6.45) is 7.49. The van der Waals surface area contributed by atoms with Gasteiger partial charge in [-0.3, -0.25) is 0 Å². The number of hydrogen-bond donors (Lipinski definition) is 1. The summed E-state index contributed by atoms with van der Waals surface area (Å²) in [5.74, 6) is 1.17. The monoisotopic (exact) mass is 479 g/mol. The number of halogens is 1. The zero-order chi connectivity index (χ0) is 18.1. The zero-order valence-corrected chi connectivity index (χ0v) is 18.2. The van der Waals surface area contributed by atoms with E-state index in [1.54, 1.807) is 0 Å². The van der Waals surface area contributed by atoms with Gasteiger partial charge in [-0.15, -0.1) is 0 Å². The molecule has 1 aliphatic carbocycles. The molecule has 136 valence electrons. The molecule has 0 saturated heterocycles. The lowest BCUT2D eigenvalue weighted by Gasteiger charge is -2.12. The number of aromatic nitrogens is 4. The fraction of sp³-hybridized carbons (Fsp3) is 0.421. The third-order valence-corrected chi connectivity index (χ3v) is 6.85. The molecule has 1 aliphatic rings. The molecule has 2 heterocycles. The molecule has 0 radical (unpaired) electrons. The van der Waals surface area contributed by atoms with Crippen LogP contribution in [0.5, 0.6) is 0 Å². The van der Waals surface area contributed by atoms with Gasteiger partial charge in [-0.05, 0) is 59.0 Å². The van der Waals surface area contributed by atoms with Crippen molar-refractivity contribution >= 4 is 45.3 Å². The summed E-state index contributed by atoms with van der Waals surface area (Å²) in [6, 6.07) is 8.95. The van der Waals surface area contributed by atoms with E-state index in [-0.39, 0.29) is 0 Å². The Bertz CT molecular complexity index is 917. The molecular formula is C19H23IN5P. The van der Waals surface area contributed by atoms with Gasteiger partial charge in [0.1, 0.15) is 0 Å². The zero-order valence-electron chi connectivity index (χ0n) is 15.0. The van der Waals surface area contributed by atoms with E-state index in [9.17, 15) is 0 Å². The highest BCUT2D eigenvalue weighted by Crippen LogP contribution is 2.35. The van der Waals surface area contributed by atoms with Crippen molar-refractivity contribution in [1.82, 2.24) is 19.5 Å². The van der Waals surface area contributed by atoms with E-state index in [2.05, 4.69) is 68.8 Å². The highest BCUT2D eigenvalue weighted by Gasteiger charge is 2.17. The number of nitrogens with one attached hydrogen (secondary N) is 1. The molecule has 1 unspecified atom stereocenters. The van der Waals surface area contributed by atoms with Crippen molar-refractivity contribution < 1.29 is 0 Å². The highest BCUT2D eigenvalue weighted by molar-refractivity contribution is 14.2. The van der Waals surface area contributed by atoms with E-state index in [1.807, 2.05) is 12.3 Å². The lowest BCUT2D eigenvalue weighted by atomic mass is 10.0. The molecule has 0 bridgehead atoms. The number of fused-ring (bicyclic) bond motifs is 1. The summed E-state index contributed by atoms with van der Waals surface area (Å²) < 4.78 is 2.13. The third kappa shape index (κ3) is 3.58. The molecule has 0 aliphatic heterocycles. The predicted molar refractivity (Wildman–Crippen MR) is 118 cm³/mol. The van der Waals surface area contributed by atoms with Gasteiger partial charge >= 0.3 is 0 Å². The molecule has 4 rings (SSSR count). The molecule has 1 aromatic carbocycles. The van der Waals surface area contributed by atoms with Crippen LogP contribution in [0, 0.1) is 0 Å². The van der Waals surface area contributed by atoms with E-state index < -0.39 is 0 Å². The summed E-state index contributed by atoms with van der Waals surface area (Å²) in [7, 11) is 0. The normalized spacial score (nSPS) is 15.7. The summed E-state index contributed by atoms with van der Waals surface area (Å²) in [5.41, 5.74) is 4.43. The Morgan fingerprint density at radius 2 is 2.04 bits per heavy atom. The van der Waals surface area contributed by atoms with Gasteiger partial charge in [0.2, 0.25) is 5.95 Å². The maximum absolute atomic E-state index is 4.77. The van der Waals surface area contributed by atoms with Gasteiger partial charge in [-0.2, -0.15) is 5.10 Å². The van der Waals surface area contributed by atoms with Crippen molar-refractivity contribution in [2.45, 2.75) is 51.5 Å². The molecule has 0 amide bonds. The van der Waals surface area contributed by atoms with Crippen LogP contribution in [-0.2, 0) is 0 Å². The fourth-order valence-electron chi connectivity index (χ4n) is 3.73. The number of nitrogens with zero attached hydrogens (tertiary/aromatic N) is 4. The number of anilines is 1. The van der Waals surface area contributed by atoms with Crippen molar-refractivity contribution in [1.29, 1.82) is 0 Å². The maximum Gasteiger partial charge on any atom is 0.223 e. The van der Waals surface area contributed by atoms with Crippen LogP contribution in [0.2, 0.25) is 0 Å². The van der Waals surface area contributed by atoms with Gasteiger partial charge in [0.15, 0.2) is 0 Å². The van der Waals surface area contributed by atoms with Crippen LogP contribution in [-0.4, -0.2) is 25.6 Å². The number of benzene rings is 1. The summed E-state index contributed by atoms with van der Waals surface area (Å²) in [4.78, 5) is 9.18. The number of rotatable bonds is 5. The molecule has 7 heteroatoms. The summed E-state index contributed by atoms with van der Waals surface area (Å²) in [6.45, 7) is 4.45. The van der Waals surface area contributed by atoms with Crippen molar-refractivity contribution in [3.63, 3.8) is 0 Å². The second-order valence-corrected chi connectivity index (χ2v) is 9.20. The summed E-state index contributed by atoms with van der Waals surface area (Å²) in [5, 5.41) is 9.47. The Balaban J connectivity index is 1.71. The minimum absolute atomic E-state index is 0.433. The van der Waals surface area contributed by atoms with Gasteiger partial charge in [0.05, 0.1) is 23.3 Å². The van der Waals surface area contributed by atoms with Crippen LogP contribution >= 0.6 is 28.4 Å². The average molecular weight is 479 g/mol. The second-order valence-electron chi connectivity index (χ2n) is 7.16. The highest BCUT2D eigenvalue weighted by atomic mass is 127. The van der Waals surface area contributed by atoms with Crippen molar-refractivity contribution in [2.24, 2.45) is 0 Å². The molecule has 1 saturated carbocycles. The van der Waals surface area contributed by atoms with Gasteiger partial charge < -0.3 is 5.32 Å². The minimum Gasteiger partial charge on any atom is -0.351 e. The SMILES string of the molecule is CC(C)c1c2cc(-c3ccnc(NC4CCCC4)n3)ccc2nn1PI.